The maximum absolute atomic E-state index is 10.4. The van der Waals surface area contributed by atoms with Crippen LogP contribution in [-0.4, -0.2) is 58.9 Å². The molecule has 0 rings (SSSR count). The van der Waals surface area contributed by atoms with Crippen molar-refractivity contribution >= 4 is 45.6 Å². The molecule has 2 N–H and O–H groups in total. The predicted molar refractivity (Wildman–Crippen MR) is 49.6 cm³/mol. The van der Waals surface area contributed by atoms with Crippen LogP contribution in [0, 0.1) is 0 Å². The summed E-state index contributed by atoms with van der Waals surface area (Å²) in [7, 11) is -4.16. The minimum atomic E-state index is -4.16. The fourth-order valence-electron chi connectivity index (χ4n) is 0.540. The van der Waals surface area contributed by atoms with E-state index >= 15 is 0 Å². The van der Waals surface area contributed by atoms with Crippen LogP contribution in [0.1, 0.15) is 13.3 Å². The first-order valence-corrected chi connectivity index (χ1v) is 4.63. The van der Waals surface area contributed by atoms with Crippen molar-refractivity contribution < 1.29 is 22.9 Å². The van der Waals surface area contributed by atoms with Crippen molar-refractivity contribution in [3.63, 3.8) is 0 Å². The third-order valence-corrected chi connectivity index (χ3v) is 2.53. The first-order chi connectivity index (χ1) is 5.25. The average molecular weight is 218 g/mol. The second-order valence-electron chi connectivity index (χ2n) is 2.44. The van der Waals surface area contributed by atoms with Gasteiger partial charge in [0, 0.05) is 5.57 Å². The van der Waals surface area contributed by atoms with Gasteiger partial charge >= 0.3 is 35.5 Å². The van der Waals surface area contributed by atoms with Crippen molar-refractivity contribution in [2.75, 3.05) is 0 Å². The zero-order valence-corrected chi connectivity index (χ0v) is 7.34. The topological polar surface area (TPSA) is 91.7 Å². The molecule has 0 aliphatic heterocycles. The van der Waals surface area contributed by atoms with Crippen molar-refractivity contribution in [1.82, 2.24) is 0 Å². The predicted octanol–water partition coefficient (Wildman–Crippen LogP) is -0.355. The van der Waals surface area contributed by atoms with Crippen LogP contribution in [0.5, 0.6) is 0 Å². The van der Waals surface area contributed by atoms with Crippen molar-refractivity contribution in [3.05, 3.63) is 12.2 Å². The van der Waals surface area contributed by atoms with Gasteiger partial charge in [0.1, 0.15) is 0 Å². The van der Waals surface area contributed by atoms with Gasteiger partial charge in [0.2, 0.25) is 0 Å². The number of carboxylic acids is 1. The second-order valence-corrected chi connectivity index (χ2v) is 4.27. The van der Waals surface area contributed by atoms with Gasteiger partial charge in [0.05, 0.1) is 5.25 Å². The van der Waals surface area contributed by atoms with Gasteiger partial charge in [-0.3, -0.25) is 4.55 Å². The van der Waals surface area contributed by atoms with E-state index < -0.39 is 21.3 Å². The van der Waals surface area contributed by atoms with Gasteiger partial charge in [-0.05, 0) is 13.3 Å². The van der Waals surface area contributed by atoms with E-state index in [1.165, 1.54) is 6.92 Å². The average Bonchev–Trinajstić information content (AvgIpc) is 1.85. The molecule has 1 atom stereocenters. The number of carbonyl (C=O) groups is 1. The molecule has 0 spiro atoms. The van der Waals surface area contributed by atoms with Gasteiger partial charge in [0.15, 0.2) is 0 Å². The molecule has 0 aliphatic rings. The molecule has 0 aromatic rings. The number of hydrogen-bond acceptors (Lipinski definition) is 3. The van der Waals surface area contributed by atoms with Crippen LogP contribution in [0.4, 0.5) is 0 Å². The molecule has 0 saturated carbocycles. The number of carboxylic acid groups (broad SMARTS) is 1. The molecule has 7 heteroatoms. The Morgan fingerprint density at radius 1 is 1.54 bits per heavy atom. The molecule has 5 nitrogen and oxygen atoms in total. The van der Waals surface area contributed by atoms with Crippen molar-refractivity contribution in [2.24, 2.45) is 0 Å². The van der Waals surface area contributed by atoms with Gasteiger partial charge in [0.25, 0.3) is 10.1 Å². The minimum absolute atomic E-state index is 0. The fraction of sp³-hybridized carbons (Fsp3) is 0.500. The van der Waals surface area contributed by atoms with Gasteiger partial charge in [-0.25, -0.2) is 4.79 Å². The molecule has 0 amide bonds. The molecule has 13 heavy (non-hydrogen) atoms. The van der Waals surface area contributed by atoms with Crippen LogP contribution >= 0.6 is 0 Å². The SMILES string of the molecule is C=C(CC(C)S(=O)(=O)O)C(=O)O.[NaH]. The van der Waals surface area contributed by atoms with E-state index in [2.05, 4.69) is 6.58 Å². The Labute approximate surface area is 98.9 Å². The summed E-state index contributed by atoms with van der Waals surface area (Å²) >= 11 is 0. The first kappa shape index (κ1) is 15.6. The summed E-state index contributed by atoms with van der Waals surface area (Å²) in [4.78, 5) is 10.2. The Balaban J connectivity index is 0. The molecule has 0 aromatic heterocycles. The summed E-state index contributed by atoms with van der Waals surface area (Å²) < 4.78 is 29.3. The summed E-state index contributed by atoms with van der Waals surface area (Å²) in [5, 5.41) is 7.20. The molecule has 0 aliphatic carbocycles. The molecule has 0 saturated heterocycles. The third kappa shape index (κ3) is 6.23. The van der Waals surface area contributed by atoms with E-state index in [0.29, 0.717) is 0 Å². The molecule has 0 bridgehead atoms. The summed E-state index contributed by atoms with van der Waals surface area (Å²) in [5.41, 5.74) is -0.236. The number of rotatable bonds is 4. The zero-order chi connectivity index (χ0) is 9.94. The van der Waals surface area contributed by atoms with E-state index in [1.54, 1.807) is 0 Å². The Morgan fingerprint density at radius 3 is 2.15 bits per heavy atom. The van der Waals surface area contributed by atoms with Gasteiger partial charge < -0.3 is 5.11 Å². The van der Waals surface area contributed by atoms with Crippen molar-refractivity contribution in [2.45, 2.75) is 18.6 Å². The third-order valence-electron chi connectivity index (χ3n) is 1.34. The van der Waals surface area contributed by atoms with Crippen molar-refractivity contribution in [1.29, 1.82) is 0 Å². The Bertz CT molecular complexity index is 294. The molecule has 0 radical (unpaired) electrons. The molecular weight excluding hydrogens is 207 g/mol. The number of aliphatic carboxylic acids is 1. The molecule has 1 unspecified atom stereocenters. The zero-order valence-electron chi connectivity index (χ0n) is 6.52. The fourth-order valence-corrected chi connectivity index (χ4v) is 0.951. The van der Waals surface area contributed by atoms with Crippen LogP contribution < -0.4 is 0 Å². The van der Waals surface area contributed by atoms with Crippen LogP contribution in [0.25, 0.3) is 0 Å². The van der Waals surface area contributed by atoms with E-state index in [9.17, 15) is 13.2 Å². The Morgan fingerprint density at radius 2 is 1.92 bits per heavy atom. The molecular formula is C6H11NaO5S. The second kappa shape index (κ2) is 5.77. The summed E-state index contributed by atoms with van der Waals surface area (Å²) in [6.45, 7) is 4.34. The van der Waals surface area contributed by atoms with Gasteiger partial charge in [-0.15, -0.1) is 0 Å². The number of hydrogen-bond donors (Lipinski definition) is 2. The van der Waals surface area contributed by atoms with E-state index in [1.807, 2.05) is 0 Å². The van der Waals surface area contributed by atoms with Crippen LogP contribution in [0.15, 0.2) is 12.2 Å². The summed E-state index contributed by atoms with van der Waals surface area (Å²) in [6, 6.07) is 0. The molecule has 0 aromatic carbocycles. The molecule has 0 fully saturated rings. The van der Waals surface area contributed by atoms with Crippen molar-refractivity contribution in [3.8, 4) is 0 Å². The van der Waals surface area contributed by atoms with E-state index in [0.717, 1.165) is 0 Å². The molecule has 0 heterocycles. The van der Waals surface area contributed by atoms with E-state index in [-0.39, 0.29) is 41.6 Å². The first-order valence-electron chi connectivity index (χ1n) is 3.12. The normalized spacial score (nSPS) is 12.8. The van der Waals surface area contributed by atoms with Crippen LogP contribution in [0.3, 0.4) is 0 Å². The van der Waals surface area contributed by atoms with Gasteiger partial charge in [-0.1, -0.05) is 6.58 Å². The summed E-state index contributed by atoms with van der Waals surface area (Å²) in [5.74, 6) is -1.26. The van der Waals surface area contributed by atoms with E-state index in [4.69, 9.17) is 9.66 Å². The Kier molecular flexibility index (Phi) is 6.91. The maximum atomic E-state index is 10.4. The summed E-state index contributed by atoms with van der Waals surface area (Å²) in [6.07, 6.45) is -0.270. The monoisotopic (exact) mass is 218 g/mol. The quantitative estimate of drug-likeness (QED) is 0.382. The molecule has 72 valence electrons. The van der Waals surface area contributed by atoms with Gasteiger partial charge in [-0.2, -0.15) is 8.42 Å². The standard InChI is InChI=1S/C6H10O5S.Na.H/c1-4(6(7)8)3-5(2)12(9,10)11;;/h5H,1,3H2,2H3,(H,7,8)(H,9,10,11);;. The van der Waals surface area contributed by atoms with Crippen LogP contribution in [-0.2, 0) is 14.9 Å². The van der Waals surface area contributed by atoms with Crippen LogP contribution in [0.2, 0.25) is 0 Å². The Hall–Kier alpha value is 0.120.